The molecular weight excluding hydrogens is 398 g/mol. The van der Waals surface area contributed by atoms with Gasteiger partial charge < -0.3 is 15.1 Å². The Morgan fingerprint density at radius 2 is 1.70 bits per heavy atom. The van der Waals surface area contributed by atoms with Gasteiger partial charge in [0.2, 0.25) is 5.91 Å². The van der Waals surface area contributed by atoms with Gasteiger partial charge in [-0.05, 0) is 56.1 Å². The van der Waals surface area contributed by atoms with E-state index >= 15 is 0 Å². The molecule has 0 saturated heterocycles. The predicted octanol–water partition coefficient (Wildman–Crippen LogP) is 5.72. The van der Waals surface area contributed by atoms with Crippen molar-refractivity contribution in [2.45, 2.75) is 90.7 Å². The Kier molecular flexibility index (Phi) is 7.40. The van der Waals surface area contributed by atoms with Crippen molar-refractivity contribution in [3.8, 4) is 0 Å². The number of carboxylic acids is 1. The van der Waals surface area contributed by atoms with Crippen LogP contribution in [0.15, 0.2) is 12.1 Å². The highest BCUT2D eigenvalue weighted by Crippen LogP contribution is 2.38. The minimum Gasteiger partial charge on any atom is -0.477 e. The van der Waals surface area contributed by atoms with Gasteiger partial charge >= 0.3 is 5.97 Å². The minimum atomic E-state index is -0.984. The molecule has 3 rings (SSSR count). The Balaban J connectivity index is 1.99. The highest BCUT2D eigenvalue weighted by atomic mass is 32.1. The largest absolute Gasteiger partial charge is 0.477 e. The fraction of sp³-hybridized carbons (Fsp3) is 0.667. The topological polar surface area (TPSA) is 77.8 Å². The average Bonchev–Trinajstić information content (AvgIpc) is 3.12. The molecule has 2 fully saturated rings. The molecule has 30 heavy (non-hydrogen) atoms. The van der Waals surface area contributed by atoms with Crippen molar-refractivity contribution in [3.63, 3.8) is 0 Å². The number of amides is 1. The van der Waals surface area contributed by atoms with Gasteiger partial charge in [-0.15, -0.1) is 11.3 Å². The lowest BCUT2D eigenvalue weighted by Gasteiger charge is -2.38. The number of nitrogens with zero attached hydrogens (tertiary/aromatic N) is 1. The number of carboxylic acid groups (broad SMARTS) is 1. The Morgan fingerprint density at radius 1 is 1.07 bits per heavy atom. The van der Waals surface area contributed by atoms with E-state index < -0.39 is 5.97 Å². The molecule has 1 amide bonds. The number of aromatic carboxylic acids is 1. The van der Waals surface area contributed by atoms with Crippen LogP contribution in [0.4, 0.5) is 5.69 Å². The molecule has 2 N–H and O–H groups in total. The van der Waals surface area contributed by atoms with Crippen LogP contribution in [0.5, 0.6) is 0 Å². The molecular formula is C24H35NO4S. The van der Waals surface area contributed by atoms with E-state index in [1.807, 2.05) is 12.1 Å². The summed E-state index contributed by atoms with van der Waals surface area (Å²) in [7, 11) is 0. The van der Waals surface area contributed by atoms with Crippen LogP contribution in [0, 0.1) is 11.3 Å². The van der Waals surface area contributed by atoms with E-state index in [4.69, 9.17) is 0 Å². The van der Waals surface area contributed by atoms with Crippen LogP contribution in [0.25, 0.3) is 6.08 Å². The van der Waals surface area contributed by atoms with E-state index in [1.54, 1.807) is 4.90 Å². The number of carbonyl (C=O) groups excluding carboxylic acids is 1. The van der Waals surface area contributed by atoms with Crippen molar-refractivity contribution in [2.75, 3.05) is 4.90 Å². The van der Waals surface area contributed by atoms with Gasteiger partial charge in [-0.3, -0.25) is 4.79 Å². The third kappa shape index (κ3) is 5.73. The van der Waals surface area contributed by atoms with Crippen molar-refractivity contribution in [3.05, 3.63) is 21.9 Å². The van der Waals surface area contributed by atoms with Gasteiger partial charge in [-0.1, -0.05) is 46.1 Å². The molecule has 2 aliphatic carbocycles. The first-order valence-corrected chi connectivity index (χ1v) is 12.0. The number of aliphatic hydroxyl groups is 1. The first kappa shape index (κ1) is 23.0. The van der Waals surface area contributed by atoms with Crippen LogP contribution in [0.2, 0.25) is 0 Å². The highest BCUT2D eigenvalue weighted by Gasteiger charge is 2.36. The molecule has 1 heterocycles. The van der Waals surface area contributed by atoms with Crippen molar-refractivity contribution >= 4 is 35.0 Å². The standard InChI is InChI=1S/C24H35NO4S/c1-24(2,3)14-13-19-15-20(21(30-19)23(28)29)25(17-9-11-18(26)12-10-17)22(27)16-7-5-4-6-8-16/h13-18,26H,4-12H2,1-3H3,(H,28,29)/b14-13+. The summed E-state index contributed by atoms with van der Waals surface area (Å²) in [5, 5.41) is 19.9. The summed E-state index contributed by atoms with van der Waals surface area (Å²) in [4.78, 5) is 28.6. The fourth-order valence-corrected chi connectivity index (χ4v) is 5.40. The number of anilines is 1. The van der Waals surface area contributed by atoms with E-state index in [0.717, 1.165) is 30.6 Å². The second-order valence-electron chi connectivity index (χ2n) is 9.87. The summed E-state index contributed by atoms with van der Waals surface area (Å²) in [6.07, 6.45) is 11.5. The van der Waals surface area contributed by atoms with E-state index in [-0.39, 0.29) is 34.3 Å². The first-order chi connectivity index (χ1) is 14.2. The Labute approximate surface area is 183 Å². The summed E-state index contributed by atoms with van der Waals surface area (Å²) in [6.45, 7) is 6.30. The molecule has 2 saturated carbocycles. The molecule has 166 valence electrons. The molecule has 0 radical (unpaired) electrons. The van der Waals surface area contributed by atoms with Crippen LogP contribution in [0.1, 0.15) is 93.1 Å². The average molecular weight is 434 g/mol. The molecule has 5 nitrogen and oxygen atoms in total. The van der Waals surface area contributed by atoms with E-state index in [2.05, 4.69) is 26.8 Å². The first-order valence-electron chi connectivity index (χ1n) is 11.2. The zero-order valence-corrected chi connectivity index (χ0v) is 19.2. The number of thiophene rings is 1. The second-order valence-corrected chi connectivity index (χ2v) is 11.0. The Hall–Kier alpha value is -1.66. The summed E-state index contributed by atoms with van der Waals surface area (Å²) < 4.78 is 0. The molecule has 0 spiro atoms. The van der Waals surface area contributed by atoms with Crippen molar-refractivity contribution in [1.82, 2.24) is 0 Å². The summed E-state index contributed by atoms with van der Waals surface area (Å²) >= 11 is 1.24. The Morgan fingerprint density at radius 3 is 2.27 bits per heavy atom. The van der Waals surface area contributed by atoms with E-state index in [0.29, 0.717) is 31.4 Å². The molecule has 1 aromatic heterocycles. The molecule has 0 bridgehead atoms. The van der Waals surface area contributed by atoms with E-state index in [9.17, 15) is 19.8 Å². The molecule has 0 aromatic carbocycles. The van der Waals surface area contributed by atoms with Gasteiger partial charge in [-0.25, -0.2) is 4.79 Å². The van der Waals surface area contributed by atoms with Crippen molar-refractivity contribution in [1.29, 1.82) is 0 Å². The molecule has 6 heteroatoms. The smallest absolute Gasteiger partial charge is 0.348 e. The lowest BCUT2D eigenvalue weighted by Crippen LogP contribution is -2.46. The van der Waals surface area contributed by atoms with Gasteiger partial charge in [0.05, 0.1) is 11.8 Å². The van der Waals surface area contributed by atoms with Gasteiger partial charge in [-0.2, -0.15) is 0 Å². The lowest BCUT2D eigenvalue weighted by molar-refractivity contribution is -0.124. The van der Waals surface area contributed by atoms with E-state index in [1.165, 1.54) is 17.8 Å². The van der Waals surface area contributed by atoms with Crippen LogP contribution >= 0.6 is 11.3 Å². The van der Waals surface area contributed by atoms with Gasteiger partial charge in [0, 0.05) is 16.8 Å². The van der Waals surface area contributed by atoms with Crippen molar-refractivity contribution < 1.29 is 19.8 Å². The predicted molar refractivity (Wildman–Crippen MR) is 122 cm³/mol. The monoisotopic (exact) mass is 433 g/mol. The molecule has 0 aliphatic heterocycles. The van der Waals surface area contributed by atoms with Crippen molar-refractivity contribution in [2.24, 2.45) is 11.3 Å². The van der Waals surface area contributed by atoms with Crippen LogP contribution in [-0.2, 0) is 4.79 Å². The molecule has 0 unspecified atom stereocenters. The maximum Gasteiger partial charge on any atom is 0.348 e. The number of carbonyl (C=O) groups is 2. The number of aliphatic hydroxyl groups excluding tert-OH is 1. The third-order valence-electron chi connectivity index (χ3n) is 6.16. The van der Waals surface area contributed by atoms with Gasteiger partial charge in [0.15, 0.2) is 0 Å². The molecule has 0 atom stereocenters. The highest BCUT2D eigenvalue weighted by molar-refractivity contribution is 7.15. The van der Waals surface area contributed by atoms with Gasteiger partial charge in [0.1, 0.15) is 4.88 Å². The third-order valence-corrected chi connectivity index (χ3v) is 7.23. The number of allylic oxidation sites excluding steroid dienone is 1. The summed E-state index contributed by atoms with van der Waals surface area (Å²) in [6, 6.07) is 1.83. The quantitative estimate of drug-likeness (QED) is 0.622. The van der Waals surface area contributed by atoms with Crippen LogP contribution < -0.4 is 4.90 Å². The second kappa shape index (κ2) is 9.65. The van der Waals surface area contributed by atoms with Gasteiger partial charge in [0.25, 0.3) is 0 Å². The van der Waals surface area contributed by atoms with Crippen LogP contribution in [0.3, 0.4) is 0 Å². The lowest BCUT2D eigenvalue weighted by atomic mass is 9.86. The number of rotatable bonds is 5. The maximum atomic E-state index is 13.6. The maximum absolute atomic E-state index is 13.6. The minimum absolute atomic E-state index is 0.00927. The SMILES string of the molecule is CC(C)(C)/C=C/c1cc(N(C(=O)C2CCCCC2)C2CCC(O)CC2)c(C(=O)O)s1. The Bertz CT molecular complexity index is 778. The zero-order chi connectivity index (χ0) is 21.9. The normalized spacial score (nSPS) is 23.6. The van der Waals surface area contributed by atoms with Crippen LogP contribution in [-0.4, -0.2) is 34.2 Å². The number of hydrogen-bond donors (Lipinski definition) is 2. The summed E-state index contributed by atoms with van der Waals surface area (Å²) in [5.74, 6) is -0.939. The fourth-order valence-electron chi connectivity index (χ4n) is 4.50. The molecule has 2 aliphatic rings. The zero-order valence-electron chi connectivity index (χ0n) is 18.4. The number of hydrogen-bond acceptors (Lipinski definition) is 4. The molecule has 1 aromatic rings. The summed E-state index contributed by atoms with van der Waals surface area (Å²) in [5.41, 5.74) is 0.531.